The smallest absolute Gasteiger partial charge is 0.320 e. The molecule has 0 saturated heterocycles. The van der Waals surface area contributed by atoms with Gasteiger partial charge in [0.1, 0.15) is 6.04 Å². The fourth-order valence-corrected chi connectivity index (χ4v) is 10.5. The summed E-state index contributed by atoms with van der Waals surface area (Å²) >= 11 is 0. The Hall–Kier alpha value is -0.140. The Morgan fingerprint density at radius 2 is 0.667 bits per heavy atom. The number of nitrogens with two attached hydrogens (primary N) is 1. The molecule has 4 heteroatoms. The molecule has 0 fully saturated rings. The third-order valence-corrected chi connectivity index (χ3v) is 13.4. The third kappa shape index (κ3) is 30.6. The van der Waals surface area contributed by atoms with Gasteiger partial charge in [0.2, 0.25) is 0 Å². The molecule has 0 aliphatic carbocycles. The summed E-state index contributed by atoms with van der Waals surface area (Å²) in [5.74, 6) is -0.963. The molecule has 1 atom stereocenters. The average molecular weight is 573 g/mol. The molecular weight excluding hydrogens is 497 g/mol. The maximum absolute atomic E-state index is 9.57. The summed E-state index contributed by atoms with van der Waals surface area (Å²) in [7, 11) is -0.718. The van der Waals surface area contributed by atoms with Gasteiger partial charge >= 0.3 is 5.97 Å². The maximum atomic E-state index is 9.57. The van der Waals surface area contributed by atoms with Crippen LogP contribution in [0.2, 0.25) is 0 Å². The van der Waals surface area contributed by atoms with E-state index in [4.69, 9.17) is 10.8 Å². The molecule has 0 amide bonds. The normalized spacial score (nSPS) is 12.3. The molecule has 0 aliphatic rings. The van der Waals surface area contributed by atoms with Gasteiger partial charge in [-0.2, -0.15) is 0 Å². The topological polar surface area (TPSA) is 63.3 Å². The van der Waals surface area contributed by atoms with Gasteiger partial charge in [-0.1, -0.05) is 130 Å². The van der Waals surface area contributed by atoms with Crippen molar-refractivity contribution in [3.8, 4) is 0 Å². The van der Waals surface area contributed by atoms with E-state index >= 15 is 0 Å². The molecule has 0 aromatic carbocycles. The van der Waals surface area contributed by atoms with Crippen LogP contribution in [0, 0.1) is 0 Å². The second kappa shape index (κ2) is 32.4. The first-order chi connectivity index (χ1) is 18.9. The Balaban J connectivity index is 0. The molecule has 0 saturated carbocycles. The molecule has 0 heterocycles. The largest absolute Gasteiger partial charge is 0.480 e. The van der Waals surface area contributed by atoms with Crippen molar-refractivity contribution < 1.29 is 9.90 Å². The second-order valence-electron chi connectivity index (χ2n) is 12.4. The van der Waals surface area contributed by atoms with Crippen molar-refractivity contribution in [2.75, 3.05) is 24.6 Å². The third-order valence-electron chi connectivity index (χ3n) is 8.33. The van der Waals surface area contributed by atoms with Crippen molar-refractivity contribution in [2.45, 2.75) is 195 Å². The number of hydrogen-bond donors (Lipinski definition) is 2. The van der Waals surface area contributed by atoms with Gasteiger partial charge in [0.25, 0.3) is 0 Å². The number of unbranched alkanes of at least 4 members (excludes halogenated alkanes) is 20. The lowest BCUT2D eigenvalue weighted by Crippen LogP contribution is -2.25. The fraction of sp³-hybridized carbons (Fsp3) is 0.971. The highest BCUT2D eigenvalue weighted by Gasteiger charge is 2.34. The first kappa shape index (κ1) is 41.0. The Bertz CT molecular complexity index is 414. The summed E-state index contributed by atoms with van der Waals surface area (Å²) in [5, 5.41) is 7.87. The van der Waals surface area contributed by atoms with Gasteiger partial charge in [0.15, 0.2) is 0 Å². The van der Waals surface area contributed by atoms with Crippen LogP contribution in [0.5, 0.6) is 0 Å². The average Bonchev–Trinajstić information content (AvgIpc) is 2.92. The van der Waals surface area contributed by atoms with Gasteiger partial charge in [-0.05, 0) is 58.3 Å². The minimum Gasteiger partial charge on any atom is -0.480 e. The molecule has 0 unspecified atom stereocenters. The zero-order chi connectivity index (χ0) is 29.5. The van der Waals surface area contributed by atoms with E-state index in [0.29, 0.717) is 0 Å². The molecule has 0 rings (SSSR count). The molecule has 3 N–H and O–H groups in total. The van der Waals surface area contributed by atoms with E-state index in [2.05, 4.69) is 27.7 Å². The quantitative estimate of drug-likeness (QED) is 0.0692. The summed E-state index contributed by atoms with van der Waals surface area (Å²) in [6.07, 6.45) is 42.1. The van der Waals surface area contributed by atoms with Gasteiger partial charge < -0.3 is 10.8 Å². The van der Waals surface area contributed by atoms with Crippen LogP contribution >= 0.6 is 7.26 Å². The molecular formula is C35H75NO2P+. The first-order valence-electron chi connectivity index (χ1n) is 17.7. The van der Waals surface area contributed by atoms with Crippen molar-refractivity contribution in [1.82, 2.24) is 0 Å². The highest BCUT2D eigenvalue weighted by atomic mass is 31.2. The minimum absolute atomic E-state index is 0.718. The Labute approximate surface area is 248 Å². The van der Waals surface area contributed by atoms with E-state index in [1.54, 1.807) is 50.3 Å². The number of hydrogen-bond acceptors (Lipinski definition) is 2. The first-order valence-corrected chi connectivity index (χ1v) is 20.3. The van der Waals surface area contributed by atoms with Gasteiger partial charge in [0.05, 0.1) is 24.6 Å². The van der Waals surface area contributed by atoms with Crippen molar-refractivity contribution >= 4 is 13.2 Å². The van der Waals surface area contributed by atoms with Crippen LogP contribution in [0.15, 0.2) is 0 Å². The molecule has 0 aliphatic heterocycles. The minimum atomic E-state index is -0.963. The van der Waals surface area contributed by atoms with Gasteiger partial charge in [-0.25, -0.2) is 0 Å². The molecule has 0 aromatic heterocycles. The highest BCUT2D eigenvalue weighted by Crippen LogP contribution is 2.61. The van der Waals surface area contributed by atoms with Gasteiger partial charge in [-0.15, -0.1) is 0 Å². The predicted octanol–water partition coefficient (Wildman–Crippen LogP) is 11.9. The second-order valence-corrected chi connectivity index (χ2v) is 16.9. The van der Waals surface area contributed by atoms with Crippen LogP contribution < -0.4 is 5.73 Å². The highest BCUT2D eigenvalue weighted by molar-refractivity contribution is 7.75. The Morgan fingerprint density at radius 1 is 0.487 bits per heavy atom. The summed E-state index contributed by atoms with van der Waals surface area (Å²) < 4.78 is 0. The van der Waals surface area contributed by atoms with Crippen LogP contribution in [0.25, 0.3) is 0 Å². The summed E-state index contributed by atoms with van der Waals surface area (Å²) in [5.41, 5.74) is 4.84. The lowest BCUT2D eigenvalue weighted by molar-refractivity contribution is -0.138. The molecule has 3 nitrogen and oxygen atoms in total. The van der Waals surface area contributed by atoms with E-state index in [1.807, 2.05) is 0 Å². The number of carboxylic acid groups (broad SMARTS) is 1. The number of aliphatic carboxylic acids is 1. The van der Waals surface area contributed by atoms with Gasteiger partial charge in [0, 0.05) is 7.26 Å². The number of rotatable bonds is 29. The van der Waals surface area contributed by atoms with Gasteiger partial charge in [-0.3, -0.25) is 4.79 Å². The van der Waals surface area contributed by atoms with E-state index < -0.39 is 19.3 Å². The SMILES string of the molecule is CCCCCCCC[P+](CCCCCCCC)(CCCCCCCC)CCCCCCCC.C[C@H](N)C(=O)O. The molecule has 236 valence electrons. The van der Waals surface area contributed by atoms with Crippen molar-refractivity contribution in [1.29, 1.82) is 0 Å². The summed E-state index contributed by atoms with van der Waals surface area (Å²) in [6, 6.07) is -0.731. The molecule has 39 heavy (non-hydrogen) atoms. The van der Waals surface area contributed by atoms with E-state index in [9.17, 15) is 4.79 Å². The monoisotopic (exact) mass is 573 g/mol. The Kier molecular flexibility index (Phi) is 34.0. The molecule has 0 aromatic rings. The zero-order valence-electron chi connectivity index (χ0n) is 27.8. The zero-order valence-corrected chi connectivity index (χ0v) is 28.7. The van der Waals surface area contributed by atoms with Crippen LogP contribution in [-0.4, -0.2) is 41.8 Å². The van der Waals surface area contributed by atoms with Crippen molar-refractivity contribution in [3.05, 3.63) is 0 Å². The van der Waals surface area contributed by atoms with Crippen LogP contribution in [-0.2, 0) is 4.79 Å². The lowest BCUT2D eigenvalue weighted by atomic mass is 10.1. The van der Waals surface area contributed by atoms with Crippen molar-refractivity contribution in [3.63, 3.8) is 0 Å². The van der Waals surface area contributed by atoms with Crippen LogP contribution in [0.3, 0.4) is 0 Å². The van der Waals surface area contributed by atoms with Crippen molar-refractivity contribution in [2.24, 2.45) is 5.73 Å². The summed E-state index contributed by atoms with van der Waals surface area (Å²) in [4.78, 5) is 9.57. The molecule has 0 spiro atoms. The number of carbonyl (C=O) groups is 1. The predicted molar refractivity (Wildman–Crippen MR) is 181 cm³/mol. The lowest BCUT2D eigenvalue weighted by Gasteiger charge is -2.28. The summed E-state index contributed by atoms with van der Waals surface area (Å²) in [6.45, 7) is 10.8. The fourth-order valence-electron chi connectivity index (χ4n) is 5.58. The maximum Gasteiger partial charge on any atom is 0.320 e. The van der Waals surface area contributed by atoms with E-state index in [0.717, 1.165) is 0 Å². The van der Waals surface area contributed by atoms with E-state index in [1.165, 1.54) is 135 Å². The molecule has 0 bridgehead atoms. The standard InChI is InChI=1S/C32H68P.C3H7NO2/c1-5-9-13-17-21-25-29-33(30-26-22-18-14-10-6-2,31-27-23-19-15-11-7-3)32-28-24-20-16-12-8-4;1-2(4)3(5)6/h5-32H2,1-4H3;2H,4H2,1H3,(H,5,6)/q+1;/t;2-/m.0/s1. The number of carboxylic acids is 1. The van der Waals surface area contributed by atoms with Crippen LogP contribution in [0.4, 0.5) is 0 Å². The Morgan fingerprint density at radius 3 is 0.846 bits per heavy atom. The molecule has 0 radical (unpaired) electrons. The van der Waals surface area contributed by atoms with E-state index in [-0.39, 0.29) is 0 Å². The van der Waals surface area contributed by atoms with Crippen LogP contribution in [0.1, 0.15) is 189 Å².